The van der Waals surface area contributed by atoms with Crippen LogP contribution in [0.25, 0.3) is 11.3 Å². The van der Waals surface area contributed by atoms with Crippen molar-refractivity contribution in [2.75, 3.05) is 13.1 Å². The third-order valence-corrected chi connectivity index (χ3v) is 3.96. The molecule has 0 saturated heterocycles. The minimum absolute atomic E-state index is 0.00843. The second-order valence-electron chi connectivity index (χ2n) is 5.55. The molecule has 24 heavy (non-hydrogen) atoms. The van der Waals surface area contributed by atoms with Crippen LogP contribution >= 0.6 is 0 Å². The third kappa shape index (κ3) is 3.29. The normalized spacial score (nSPS) is 14.2. The Morgan fingerprint density at radius 3 is 2.96 bits per heavy atom. The van der Waals surface area contributed by atoms with Gasteiger partial charge in [-0.3, -0.25) is 5.10 Å². The van der Waals surface area contributed by atoms with Crippen LogP contribution in [0.15, 0.2) is 42.2 Å². The Hall–Kier alpha value is -3.09. The van der Waals surface area contributed by atoms with Crippen molar-refractivity contribution in [2.45, 2.75) is 13.0 Å². The smallest absolute Gasteiger partial charge is 0.318 e. The van der Waals surface area contributed by atoms with Crippen LogP contribution in [0.5, 0.6) is 0 Å². The molecule has 124 valence electrons. The second kappa shape index (κ2) is 6.99. The molecular formula is C17H19N5O2. The SMILES string of the molecule is N=C/C=C(\O)CNC(=O)N1CCc2[nH]nc(-c3ccccc3)c2C1. The van der Waals surface area contributed by atoms with Gasteiger partial charge in [-0.1, -0.05) is 30.3 Å². The van der Waals surface area contributed by atoms with E-state index < -0.39 is 0 Å². The van der Waals surface area contributed by atoms with Gasteiger partial charge < -0.3 is 20.7 Å². The highest BCUT2D eigenvalue weighted by Crippen LogP contribution is 2.28. The summed E-state index contributed by atoms with van der Waals surface area (Å²) in [4.78, 5) is 14.0. The highest BCUT2D eigenvalue weighted by atomic mass is 16.3. The number of aliphatic hydroxyl groups excluding tert-OH is 1. The molecule has 1 aromatic heterocycles. The minimum Gasteiger partial charge on any atom is -0.510 e. The van der Waals surface area contributed by atoms with Gasteiger partial charge in [0.15, 0.2) is 0 Å². The van der Waals surface area contributed by atoms with Crippen LogP contribution in [-0.4, -0.2) is 45.5 Å². The van der Waals surface area contributed by atoms with E-state index in [-0.39, 0.29) is 18.3 Å². The molecule has 2 heterocycles. The van der Waals surface area contributed by atoms with E-state index >= 15 is 0 Å². The molecule has 0 spiro atoms. The average Bonchev–Trinajstić information content (AvgIpc) is 3.04. The van der Waals surface area contributed by atoms with Gasteiger partial charge in [0.25, 0.3) is 0 Å². The number of rotatable bonds is 4. The van der Waals surface area contributed by atoms with Crippen LogP contribution in [0.2, 0.25) is 0 Å². The maximum Gasteiger partial charge on any atom is 0.318 e. The Morgan fingerprint density at radius 1 is 1.42 bits per heavy atom. The lowest BCUT2D eigenvalue weighted by molar-refractivity contribution is 0.191. The lowest BCUT2D eigenvalue weighted by Crippen LogP contribution is -2.43. The number of fused-ring (bicyclic) bond motifs is 1. The quantitative estimate of drug-likeness (QED) is 0.512. The van der Waals surface area contributed by atoms with Crippen LogP contribution in [0, 0.1) is 5.41 Å². The van der Waals surface area contributed by atoms with E-state index in [1.54, 1.807) is 4.90 Å². The van der Waals surface area contributed by atoms with Gasteiger partial charge in [-0.2, -0.15) is 5.10 Å². The van der Waals surface area contributed by atoms with Crippen molar-refractivity contribution >= 4 is 12.2 Å². The molecule has 0 fully saturated rings. The molecule has 1 aliphatic heterocycles. The number of nitrogens with one attached hydrogen (secondary N) is 3. The summed E-state index contributed by atoms with van der Waals surface area (Å²) in [5, 5.41) is 26.5. The number of hydrogen-bond acceptors (Lipinski definition) is 4. The van der Waals surface area contributed by atoms with E-state index in [1.807, 2.05) is 30.3 Å². The van der Waals surface area contributed by atoms with E-state index in [9.17, 15) is 9.90 Å². The fourth-order valence-corrected chi connectivity index (χ4v) is 2.74. The van der Waals surface area contributed by atoms with Crippen LogP contribution in [0.3, 0.4) is 0 Å². The maximum atomic E-state index is 12.3. The number of aromatic amines is 1. The number of aromatic nitrogens is 2. The first-order valence-electron chi connectivity index (χ1n) is 7.72. The topological polar surface area (TPSA) is 105 Å². The van der Waals surface area contributed by atoms with Gasteiger partial charge in [0.2, 0.25) is 0 Å². The molecule has 1 aromatic carbocycles. The first-order chi connectivity index (χ1) is 11.7. The van der Waals surface area contributed by atoms with Crippen molar-refractivity contribution < 1.29 is 9.90 Å². The Kier molecular flexibility index (Phi) is 4.60. The summed E-state index contributed by atoms with van der Waals surface area (Å²) < 4.78 is 0. The van der Waals surface area contributed by atoms with Crippen LogP contribution < -0.4 is 5.32 Å². The van der Waals surface area contributed by atoms with Crippen molar-refractivity contribution in [1.82, 2.24) is 20.4 Å². The van der Waals surface area contributed by atoms with E-state index in [1.165, 1.54) is 6.08 Å². The molecule has 0 atom stereocenters. The molecule has 2 amide bonds. The molecule has 0 radical (unpaired) electrons. The van der Waals surface area contributed by atoms with Crippen molar-refractivity contribution in [3.8, 4) is 11.3 Å². The average molecular weight is 325 g/mol. The highest BCUT2D eigenvalue weighted by molar-refractivity contribution is 5.76. The molecule has 7 nitrogen and oxygen atoms in total. The zero-order chi connectivity index (χ0) is 16.9. The van der Waals surface area contributed by atoms with E-state index in [0.717, 1.165) is 28.7 Å². The second-order valence-corrected chi connectivity index (χ2v) is 5.55. The number of carbonyl (C=O) groups is 1. The first-order valence-corrected chi connectivity index (χ1v) is 7.72. The number of carbonyl (C=O) groups excluding carboxylic acids is 1. The van der Waals surface area contributed by atoms with Crippen molar-refractivity contribution in [2.24, 2.45) is 0 Å². The molecule has 1 aliphatic rings. The number of H-pyrrole nitrogens is 1. The molecule has 3 rings (SSSR count). The number of urea groups is 1. The Bertz CT molecular complexity index is 767. The van der Waals surface area contributed by atoms with E-state index in [0.29, 0.717) is 19.5 Å². The van der Waals surface area contributed by atoms with Crippen LogP contribution in [0.4, 0.5) is 4.79 Å². The van der Waals surface area contributed by atoms with Crippen LogP contribution in [-0.2, 0) is 13.0 Å². The molecule has 0 aliphatic carbocycles. The van der Waals surface area contributed by atoms with E-state index in [4.69, 9.17) is 5.41 Å². The van der Waals surface area contributed by atoms with Gasteiger partial charge in [-0.25, -0.2) is 4.79 Å². The number of allylic oxidation sites excluding steroid dienone is 1. The predicted octanol–water partition coefficient (Wildman–Crippen LogP) is 2.24. The first kappa shape index (κ1) is 15.8. The van der Waals surface area contributed by atoms with Gasteiger partial charge >= 0.3 is 6.03 Å². The minimum atomic E-state index is -0.245. The summed E-state index contributed by atoms with van der Waals surface area (Å²) in [6.07, 6.45) is 2.93. The van der Waals surface area contributed by atoms with Gasteiger partial charge in [-0.15, -0.1) is 0 Å². The molecule has 0 saturated carbocycles. The van der Waals surface area contributed by atoms with Gasteiger partial charge in [0, 0.05) is 36.0 Å². The lowest BCUT2D eigenvalue weighted by Gasteiger charge is -2.27. The zero-order valence-corrected chi connectivity index (χ0v) is 13.1. The Balaban J connectivity index is 1.72. The number of nitrogens with zero attached hydrogens (tertiary/aromatic N) is 2. The Morgan fingerprint density at radius 2 is 2.21 bits per heavy atom. The third-order valence-electron chi connectivity index (χ3n) is 3.96. The summed E-state index contributed by atoms with van der Waals surface area (Å²) in [6.45, 7) is 1.07. The fraction of sp³-hybridized carbons (Fsp3) is 0.235. The van der Waals surface area contributed by atoms with E-state index in [2.05, 4.69) is 15.5 Å². The Labute approximate surface area is 139 Å². The standard InChI is InChI=1S/C17H19N5O2/c18-8-6-13(23)10-19-17(24)22-9-7-15-14(11-22)16(21-20-15)12-4-2-1-3-5-12/h1-6,8,18,23H,7,9-11H2,(H,19,24)(H,20,21)/b13-6-,18-8?. The summed E-state index contributed by atoms with van der Waals surface area (Å²) >= 11 is 0. The molecule has 2 aromatic rings. The van der Waals surface area contributed by atoms with Crippen molar-refractivity contribution in [3.63, 3.8) is 0 Å². The fourth-order valence-electron chi connectivity index (χ4n) is 2.74. The molecule has 4 N–H and O–H groups in total. The molecule has 0 bridgehead atoms. The summed E-state index contributed by atoms with van der Waals surface area (Å²) in [7, 11) is 0. The molecular weight excluding hydrogens is 306 g/mol. The highest BCUT2D eigenvalue weighted by Gasteiger charge is 2.25. The van der Waals surface area contributed by atoms with Crippen molar-refractivity contribution in [3.05, 3.63) is 53.4 Å². The summed E-state index contributed by atoms with van der Waals surface area (Å²) in [5.74, 6) is -0.0515. The van der Waals surface area contributed by atoms with Gasteiger partial charge in [-0.05, 0) is 6.08 Å². The lowest BCUT2D eigenvalue weighted by atomic mass is 10.0. The predicted molar refractivity (Wildman–Crippen MR) is 91.0 cm³/mol. The number of aliphatic hydroxyl groups is 1. The number of hydrogen-bond donors (Lipinski definition) is 4. The largest absolute Gasteiger partial charge is 0.510 e. The van der Waals surface area contributed by atoms with Crippen LogP contribution in [0.1, 0.15) is 11.3 Å². The van der Waals surface area contributed by atoms with Crippen molar-refractivity contribution in [1.29, 1.82) is 5.41 Å². The number of benzene rings is 1. The van der Waals surface area contributed by atoms with Gasteiger partial charge in [0.1, 0.15) is 5.76 Å². The van der Waals surface area contributed by atoms with Gasteiger partial charge in [0.05, 0.1) is 18.8 Å². The maximum absolute atomic E-state index is 12.3. The summed E-state index contributed by atoms with van der Waals surface area (Å²) in [5.41, 5.74) is 3.98. The molecule has 0 unspecified atom stereocenters. The zero-order valence-electron chi connectivity index (χ0n) is 13.1. The summed E-state index contributed by atoms with van der Waals surface area (Å²) in [6, 6.07) is 9.62. The monoisotopic (exact) mass is 325 g/mol. The molecule has 7 heteroatoms. The number of amides is 2.